The molecule has 0 aromatic heterocycles. The predicted octanol–water partition coefficient (Wildman–Crippen LogP) is 3.94. The number of Topliss-reactive ketones (excluding diaryl/α,β-unsaturated/α-hetero) is 1. The van der Waals surface area contributed by atoms with Crippen molar-refractivity contribution in [2.75, 3.05) is 7.11 Å². The number of carbonyl (C=O) groups is 1. The Morgan fingerprint density at radius 2 is 2.00 bits per heavy atom. The van der Waals surface area contributed by atoms with Gasteiger partial charge in [0.15, 0.2) is 0 Å². The fourth-order valence-electron chi connectivity index (χ4n) is 2.82. The third-order valence-electron chi connectivity index (χ3n) is 3.80. The average Bonchev–Trinajstić information content (AvgIpc) is 2.43. The maximum Gasteiger partial charge on any atom is 0.138 e. The molecule has 1 saturated carbocycles. The van der Waals surface area contributed by atoms with E-state index >= 15 is 0 Å². The topological polar surface area (TPSA) is 26.3 Å². The monoisotopic (exact) mass is 278 g/mol. The highest BCUT2D eigenvalue weighted by molar-refractivity contribution is 8.00. The summed E-state index contributed by atoms with van der Waals surface area (Å²) in [6, 6.07) is 10.3. The molecular weight excluding hydrogens is 256 g/mol. The molecule has 3 atom stereocenters. The summed E-state index contributed by atoms with van der Waals surface area (Å²) in [4.78, 5) is 13.3. The first kappa shape index (κ1) is 14.6. The van der Waals surface area contributed by atoms with Gasteiger partial charge in [0, 0.05) is 29.6 Å². The molecule has 0 bridgehead atoms. The molecule has 3 heteroatoms. The normalized spacial score (nSPS) is 23.1. The van der Waals surface area contributed by atoms with Crippen LogP contribution in [-0.2, 0) is 9.53 Å². The second-order valence-corrected chi connectivity index (χ2v) is 6.61. The van der Waals surface area contributed by atoms with E-state index in [1.54, 1.807) is 18.9 Å². The van der Waals surface area contributed by atoms with Crippen LogP contribution >= 0.6 is 11.8 Å². The lowest BCUT2D eigenvalue weighted by atomic mass is 9.83. The van der Waals surface area contributed by atoms with Crippen molar-refractivity contribution in [3.63, 3.8) is 0 Å². The smallest absolute Gasteiger partial charge is 0.138 e. The molecule has 0 N–H and O–H groups in total. The van der Waals surface area contributed by atoms with E-state index in [1.807, 2.05) is 18.2 Å². The van der Waals surface area contributed by atoms with E-state index in [0.29, 0.717) is 11.0 Å². The van der Waals surface area contributed by atoms with Crippen LogP contribution in [-0.4, -0.2) is 24.2 Å². The molecule has 19 heavy (non-hydrogen) atoms. The van der Waals surface area contributed by atoms with Crippen molar-refractivity contribution in [3.8, 4) is 0 Å². The van der Waals surface area contributed by atoms with Crippen molar-refractivity contribution in [2.24, 2.45) is 5.92 Å². The zero-order chi connectivity index (χ0) is 13.7. The Bertz CT molecular complexity index is 404. The molecule has 0 radical (unpaired) electrons. The molecule has 0 aliphatic heterocycles. The van der Waals surface area contributed by atoms with Gasteiger partial charge in [-0.3, -0.25) is 4.79 Å². The lowest BCUT2D eigenvalue weighted by molar-refractivity contribution is -0.129. The van der Waals surface area contributed by atoms with E-state index in [-0.39, 0.29) is 12.0 Å². The van der Waals surface area contributed by atoms with Crippen LogP contribution in [0.2, 0.25) is 0 Å². The van der Waals surface area contributed by atoms with Crippen LogP contribution in [0.4, 0.5) is 0 Å². The van der Waals surface area contributed by atoms with Crippen molar-refractivity contribution in [3.05, 3.63) is 30.3 Å². The second kappa shape index (κ2) is 7.11. The summed E-state index contributed by atoms with van der Waals surface area (Å²) in [5, 5.41) is 0.291. The minimum Gasteiger partial charge on any atom is -0.380 e. The molecule has 0 amide bonds. The van der Waals surface area contributed by atoms with Crippen LogP contribution in [0.15, 0.2) is 35.2 Å². The van der Waals surface area contributed by atoms with Gasteiger partial charge in [-0.15, -0.1) is 11.8 Å². The number of hydrogen-bond donors (Lipinski definition) is 0. The summed E-state index contributed by atoms with van der Waals surface area (Å²) in [7, 11) is 1.73. The largest absolute Gasteiger partial charge is 0.380 e. The lowest BCUT2D eigenvalue weighted by Gasteiger charge is -2.31. The molecule has 0 saturated heterocycles. The molecule has 104 valence electrons. The number of carbonyl (C=O) groups excluding carboxylic acids is 1. The Labute approximate surface area is 119 Å². The second-order valence-electron chi connectivity index (χ2n) is 5.15. The highest BCUT2D eigenvalue weighted by atomic mass is 32.2. The molecule has 2 rings (SSSR count). The minimum absolute atomic E-state index is 0.0259. The third-order valence-corrected chi connectivity index (χ3v) is 4.98. The van der Waals surface area contributed by atoms with Crippen LogP contribution in [0.25, 0.3) is 0 Å². The molecule has 1 fully saturated rings. The number of rotatable bonds is 5. The lowest BCUT2D eigenvalue weighted by Crippen LogP contribution is -2.38. The molecule has 1 aliphatic rings. The molecule has 1 aromatic rings. The van der Waals surface area contributed by atoms with Gasteiger partial charge in [0.25, 0.3) is 0 Å². The van der Waals surface area contributed by atoms with Gasteiger partial charge in [-0.1, -0.05) is 31.5 Å². The van der Waals surface area contributed by atoms with Gasteiger partial charge >= 0.3 is 0 Å². The van der Waals surface area contributed by atoms with Gasteiger partial charge in [0.05, 0.1) is 6.10 Å². The average molecular weight is 278 g/mol. The van der Waals surface area contributed by atoms with Crippen molar-refractivity contribution in [1.82, 2.24) is 0 Å². The van der Waals surface area contributed by atoms with Crippen molar-refractivity contribution in [1.29, 1.82) is 0 Å². The van der Waals surface area contributed by atoms with Gasteiger partial charge in [-0.2, -0.15) is 0 Å². The first-order valence-corrected chi connectivity index (χ1v) is 7.87. The van der Waals surface area contributed by atoms with Crippen molar-refractivity contribution >= 4 is 17.5 Å². The van der Waals surface area contributed by atoms with Gasteiger partial charge in [0.2, 0.25) is 0 Å². The SMILES string of the molecule is CO[C@H]([C@H](C)Sc1ccccc1)[C@@H]1CCCCC1=O. The van der Waals surface area contributed by atoms with Gasteiger partial charge in [-0.05, 0) is 25.0 Å². The summed E-state index contributed by atoms with van der Waals surface area (Å²) >= 11 is 1.79. The van der Waals surface area contributed by atoms with Crippen molar-refractivity contribution < 1.29 is 9.53 Å². The van der Waals surface area contributed by atoms with E-state index in [1.165, 1.54) is 4.90 Å². The Morgan fingerprint density at radius 3 is 2.63 bits per heavy atom. The summed E-state index contributed by atoms with van der Waals surface area (Å²) in [5.74, 6) is 0.476. The van der Waals surface area contributed by atoms with Gasteiger partial charge < -0.3 is 4.74 Å². The number of ether oxygens (including phenoxy) is 1. The maximum absolute atomic E-state index is 12.1. The highest BCUT2D eigenvalue weighted by Gasteiger charge is 2.34. The molecule has 1 aromatic carbocycles. The van der Waals surface area contributed by atoms with Crippen LogP contribution in [0.5, 0.6) is 0 Å². The predicted molar refractivity (Wildman–Crippen MR) is 79.5 cm³/mol. The first-order valence-electron chi connectivity index (χ1n) is 6.99. The van der Waals surface area contributed by atoms with E-state index in [2.05, 4.69) is 19.1 Å². The zero-order valence-corrected chi connectivity index (χ0v) is 12.5. The fraction of sp³-hybridized carbons (Fsp3) is 0.562. The number of hydrogen-bond acceptors (Lipinski definition) is 3. The van der Waals surface area contributed by atoms with E-state index < -0.39 is 0 Å². The number of thioether (sulfide) groups is 1. The van der Waals surface area contributed by atoms with Crippen LogP contribution in [0, 0.1) is 5.92 Å². The highest BCUT2D eigenvalue weighted by Crippen LogP contribution is 2.33. The van der Waals surface area contributed by atoms with Gasteiger partial charge in [-0.25, -0.2) is 0 Å². The molecule has 0 heterocycles. The zero-order valence-electron chi connectivity index (χ0n) is 11.7. The molecule has 0 spiro atoms. The van der Waals surface area contributed by atoms with E-state index in [0.717, 1.165) is 25.7 Å². The van der Waals surface area contributed by atoms with Crippen LogP contribution in [0.3, 0.4) is 0 Å². The first-order chi connectivity index (χ1) is 9.22. The summed E-state index contributed by atoms with van der Waals surface area (Å²) in [6.07, 6.45) is 3.94. The van der Waals surface area contributed by atoms with Crippen molar-refractivity contribution in [2.45, 2.75) is 48.9 Å². The summed E-state index contributed by atoms with van der Waals surface area (Å²) in [5.41, 5.74) is 0. The van der Waals surface area contributed by atoms with Gasteiger partial charge in [0.1, 0.15) is 5.78 Å². The van der Waals surface area contributed by atoms with E-state index in [4.69, 9.17) is 4.74 Å². The number of ketones is 1. The third kappa shape index (κ3) is 3.83. The summed E-state index contributed by atoms with van der Waals surface area (Å²) < 4.78 is 5.65. The van der Waals surface area contributed by atoms with Crippen LogP contribution < -0.4 is 0 Å². The molecule has 2 nitrogen and oxygen atoms in total. The van der Waals surface area contributed by atoms with E-state index in [9.17, 15) is 4.79 Å². The quantitative estimate of drug-likeness (QED) is 0.763. The Morgan fingerprint density at radius 1 is 1.26 bits per heavy atom. The Balaban J connectivity index is 2.02. The Kier molecular flexibility index (Phi) is 5.46. The number of methoxy groups -OCH3 is 1. The molecule has 1 aliphatic carbocycles. The fourth-order valence-corrected chi connectivity index (χ4v) is 4.00. The molecular formula is C16H22O2S. The Hall–Kier alpha value is -0.800. The molecule has 0 unspecified atom stereocenters. The standard InChI is InChI=1S/C16H22O2S/c1-12(19-13-8-4-3-5-9-13)16(18-2)14-10-6-7-11-15(14)17/h3-5,8-9,12,14,16H,6-7,10-11H2,1-2H3/t12-,14+,16+/m0/s1. The minimum atomic E-state index is 0.0259. The van der Waals surface area contributed by atoms with Crippen LogP contribution in [0.1, 0.15) is 32.6 Å². The summed E-state index contributed by atoms with van der Waals surface area (Å²) in [6.45, 7) is 2.16. The number of benzene rings is 1. The maximum atomic E-state index is 12.1.